The van der Waals surface area contributed by atoms with Gasteiger partial charge in [-0.1, -0.05) is 50.5 Å². The molecule has 0 N–H and O–H groups in total. The van der Waals surface area contributed by atoms with Gasteiger partial charge in [0.05, 0.1) is 0 Å². The lowest BCUT2D eigenvalue weighted by Gasteiger charge is -1.94. The van der Waals surface area contributed by atoms with E-state index in [2.05, 4.69) is 38.1 Å². The van der Waals surface area contributed by atoms with Crippen LogP contribution >= 0.6 is 0 Å². The summed E-state index contributed by atoms with van der Waals surface area (Å²) in [7, 11) is 0. The van der Waals surface area contributed by atoms with E-state index in [1.165, 1.54) is 36.6 Å². The lowest BCUT2D eigenvalue weighted by Crippen LogP contribution is -1.75. The van der Waals surface area contributed by atoms with Gasteiger partial charge >= 0.3 is 0 Å². The van der Waals surface area contributed by atoms with Crippen LogP contribution < -0.4 is 0 Å². The van der Waals surface area contributed by atoms with Crippen LogP contribution in [-0.2, 0) is 0 Å². The molecule has 0 saturated heterocycles. The fourth-order valence-electron chi connectivity index (χ4n) is 2.23. The number of aryl methyl sites for hydroxylation is 1. The van der Waals surface area contributed by atoms with Crippen LogP contribution in [0.2, 0.25) is 0 Å². The maximum Gasteiger partial charge on any atom is 0.135 e. The largest absolute Gasteiger partial charge is 0.456 e. The summed E-state index contributed by atoms with van der Waals surface area (Å²) in [4.78, 5) is 0. The highest BCUT2D eigenvalue weighted by molar-refractivity contribution is 5.84. The topological polar surface area (TPSA) is 13.1 Å². The first kappa shape index (κ1) is 12.9. The average Bonchev–Trinajstić information content (AvgIpc) is 2.71. The van der Waals surface area contributed by atoms with Gasteiger partial charge in [0.2, 0.25) is 0 Å². The van der Waals surface area contributed by atoms with E-state index in [0.29, 0.717) is 0 Å². The lowest BCUT2D eigenvalue weighted by molar-refractivity contribution is 0.600. The SMILES string of the molecule is CCCCCC/C=C/c1oc2ccccc2c1C. The number of rotatable bonds is 6. The second-order valence-electron chi connectivity index (χ2n) is 4.84. The highest BCUT2D eigenvalue weighted by Gasteiger charge is 2.06. The van der Waals surface area contributed by atoms with Gasteiger partial charge in [0.25, 0.3) is 0 Å². The van der Waals surface area contributed by atoms with Crippen molar-refractivity contribution in [2.75, 3.05) is 0 Å². The molecular formula is C17H22O. The maximum atomic E-state index is 5.84. The summed E-state index contributed by atoms with van der Waals surface area (Å²) in [6.07, 6.45) is 10.8. The standard InChI is InChI=1S/C17H22O/c1-3-4-5-6-7-8-12-16-14(2)15-11-9-10-13-17(15)18-16/h8-13H,3-7H2,1-2H3/b12-8+. The molecule has 1 heteroatoms. The Bertz CT molecular complexity index is 519. The van der Waals surface area contributed by atoms with Gasteiger partial charge in [-0.05, 0) is 31.9 Å². The van der Waals surface area contributed by atoms with Crippen molar-refractivity contribution in [2.45, 2.75) is 46.0 Å². The average molecular weight is 242 g/mol. The quantitative estimate of drug-likeness (QED) is 0.590. The van der Waals surface area contributed by atoms with Gasteiger partial charge in [0, 0.05) is 10.9 Å². The Balaban J connectivity index is 1.99. The smallest absolute Gasteiger partial charge is 0.135 e. The van der Waals surface area contributed by atoms with Crippen molar-refractivity contribution in [2.24, 2.45) is 0 Å². The fraction of sp³-hybridized carbons (Fsp3) is 0.412. The molecule has 0 aliphatic rings. The zero-order chi connectivity index (χ0) is 12.8. The van der Waals surface area contributed by atoms with E-state index in [-0.39, 0.29) is 0 Å². The van der Waals surface area contributed by atoms with E-state index in [9.17, 15) is 0 Å². The highest BCUT2D eigenvalue weighted by atomic mass is 16.3. The summed E-state index contributed by atoms with van der Waals surface area (Å²) in [5, 5.41) is 1.23. The monoisotopic (exact) mass is 242 g/mol. The fourth-order valence-corrected chi connectivity index (χ4v) is 2.23. The van der Waals surface area contributed by atoms with E-state index in [0.717, 1.165) is 17.8 Å². The second kappa shape index (κ2) is 6.44. The van der Waals surface area contributed by atoms with Crippen molar-refractivity contribution in [1.29, 1.82) is 0 Å². The predicted octanol–water partition coefficient (Wildman–Crippen LogP) is 5.72. The zero-order valence-electron chi connectivity index (χ0n) is 11.4. The number of para-hydroxylation sites is 1. The van der Waals surface area contributed by atoms with Crippen molar-refractivity contribution >= 4 is 17.0 Å². The summed E-state index contributed by atoms with van der Waals surface area (Å²) in [5.74, 6) is 1.01. The van der Waals surface area contributed by atoms with E-state index in [1.807, 2.05) is 12.1 Å². The van der Waals surface area contributed by atoms with Crippen molar-refractivity contribution in [1.82, 2.24) is 0 Å². The molecule has 1 heterocycles. The first-order valence-corrected chi connectivity index (χ1v) is 6.97. The van der Waals surface area contributed by atoms with Gasteiger partial charge in [-0.15, -0.1) is 0 Å². The highest BCUT2D eigenvalue weighted by Crippen LogP contribution is 2.25. The van der Waals surface area contributed by atoms with Crippen LogP contribution in [0, 0.1) is 6.92 Å². The Kier molecular flexibility index (Phi) is 4.63. The first-order chi connectivity index (χ1) is 8.83. The van der Waals surface area contributed by atoms with Crippen LogP contribution in [0.15, 0.2) is 34.8 Å². The van der Waals surface area contributed by atoms with Gasteiger partial charge in [-0.2, -0.15) is 0 Å². The molecule has 0 spiro atoms. The van der Waals surface area contributed by atoms with Crippen LogP contribution in [0.4, 0.5) is 0 Å². The molecule has 0 aliphatic heterocycles. The Morgan fingerprint density at radius 1 is 1.11 bits per heavy atom. The minimum atomic E-state index is 0.987. The van der Waals surface area contributed by atoms with E-state index in [4.69, 9.17) is 4.42 Å². The molecule has 0 amide bonds. The summed E-state index contributed by atoms with van der Waals surface area (Å²) in [5.41, 5.74) is 2.23. The molecule has 0 saturated carbocycles. The molecule has 1 nitrogen and oxygen atoms in total. The third kappa shape index (κ3) is 3.04. The summed E-state index contributed by atoms with van der Waals surface area (Å²) in [6.45, 7) is 4.37. The first-order valence-electron chi connectivity index (χ1n) is 6.97. The van der Waals surface area contributed by atoms with Gasteiger partial charge < -0.3 is 4.42 Å². The number of hydrogen-bond acceptors (Lipinski definition) is 1. The summed E-state index contributed by atoms with van der Waals surface area (Å²) in [6, 6.07) is 8.22. The molecule has 0 bridgehead atoms. The molecule has 2 aromatic rings. The molecule has 1 aromatic heterocycles. The van der Waals surface area contributed by atoms with Crippen LogP contribution in [0.3, 0.4) is 0 Å². The Morgan fingerprint density at radius 3 is 2.72 bits per heavy atom. The number of benzene rings is 1. The number of hydrogen-bond donors (Lipinski definition) is 0. The molecular weight excluding hydrogens is 220 g/mol. The van der Waals surface area contributed by atoms with Crippen LogP contribution in [0.5, 0.6) is 0 Å². The van der Waals surface area contributed by atoms with Crippen LogP contribution in [0.1, 0.15) is 50.4 Å². The number of furan rings is 1. The van der Waals surface area contributed by atoms with Crippen molar-refractivity contribution in [3.63, 3.8) is 0 Å². The molecule has 1 aromatic carbocycles. The Hall–Kier alpha value is -1.50. The van der Waals surface area contributed by atoms with Crippen LogP contribution in [0.25, 0.3) is 17.0 Å². The van der Waals surface area contributed by atoms with Crippen LogP contribution in [-0.4, -0.2) is 0 Å². The molecule has 96 valence electrons. The summed E-state index contributed by atoms with van der Waals surface area (Å²) >= 11 is 0. The number of allylic oxidation sites excluding steroid dienone is 1. The Labute approximate surface area is 110 Å². The summed E-state index contributed by atoms with van der Waals surface area (Å²) < 4.78 is 5.84. The molecule has 0 fully saturated rings. The van der Waals surface area contributed by atoms with Gasteiger partial charge in [0.1, 0.15) is 11.3 Å². The van der Waals surface area contributed by atoms with Gasteiger partial charge in [-0.25, -0.2) is 0 Å². The van der Waals surface area contributed by atoms with E-state index in [1.54, 1.807) is 0 Å². The molecule has 0 atom stereocenters. The number of unbranched alkanes of at least 4 members (excludes halogenated alkanes) is 4. The molecule has 0 radical (unpaired) electrons. The van der Waals surface area contributed by atoms with E-state index >= 15 is 0 Å². The maximum absolute atomic E-state index is 5.84. The third-order valence-corrected chi connectivity index (χ3v) is 3.37. The van der Waals surface area contributed by atoms with Crippen molar-refractivity contribution < 1.29 is 4.42 Å². The second-order valence-corrected chi connectivity index (χ2v) is 4.84. The minimum Gasteiger partial charge on any atom is -0.456 e. The molecule has 0 unspecified atom stereocenters. The minimum absolute atomic E-state index is 0.987. The lowest BCUT2D eigenvalue weighted by atomic mass is 10.1. The van der Waals surface area contributed by atoms with E-state index < -0.39 is 0 Å². The zero-order valence-corrected chi connectivity index (χ0v) is 11.4. The molecule has 18 heavy (non-hydrogen) atoms. The predicted molar refractivity (Wildman–Crippen MR) is 78.7 cm³/mol. The van der Waals surface area contributed by atoms with Gasteiger partial charge in [-0.3, -0.25) is 0 Å². The van der Waals surface area contributed by atoms with Crippen molar-refractivity contribution in [3.05, 3.63) is 41.7 Å². The molecule has 2 rings (SSSR count). The Morgan fingerprint density at radius 2 is 1.94 bits per heavy atom. The van der Waals surface area contributed by atoms with Crippen molar-refractivity contribution in [3.8, 4) is 0 Å². The third-order valence-electron chi connectivity index (χ3n) is 3.37. The normalized spacial score (nSPS) is 11.7. The molecule has 0 aliphatic carbocycles. The number of fused-ring (bicyclic) bond motifs is 1. The van der Waals surface area contributed by atoms with Gasteiger partial charge in [0.15, 0.2) is 0 Å².